The van der Waals surface area contributed by atoms with E-state index in [-0.39, 0.29) is 19.8 Å². The third-order valence-electron chi connectivity index (χ3n) is 4.43. The van der Waals surface area contributed by atoms with Crippen LogP contribution in [0.25, 0.3) is 0 Å². The molecule has 0 bridgehead atoms. The zero-order valence-corrected chi connectivity index (χ0v) is 13.0. The zero-order chi connectivity index (χ0) is 14.9. The van der Waals surface area contributed by atoms with Crippen LogP contribution in [0, 0.1) is 0 Å². The minimum atomic E-state index is -3.33. The SMILES string of the molecule is CCC1(CNS(=O)(=O)C2COC2)OCCc2ccccc21. The molecule has 2 heterocycles. The molecule has 0 saturated carbocycles. The van der Waals surface area contributed by atoms with Crippen molar-refractivity contribution in [3.8, 4) is 0 Å². The van der Waals surface area contributed by atoms with Gasteiger partial charge in [-0.15, -0.1) is 0 Å². The number of fused-ring (bicyclic) bond motifs is 1. The van der Waals surface area contributed by atoms with Crippen molar-refractivity contribution in [1.29, 1.82) is 0 Å². The lowest BCUT2D eigenvalue weighted by atomic mass is 9.84. The van der Waals surface area contributed by atoms with Crippen LogP contribution in [0.15, 0.2) is 24.3 Å². The van der Waals surface area contributed by atoms with Crippen molar-refractivity contribution in [1.82, 2.24) is 4.72 Å². The van der Waals surface area contributed by atoms with Crippen molar-refractivity contribution in [3.63, 3.8) is 0 Å². The summed E-state index contributed by atoms with van der Waals surface area (Å²) in [5.41, 5.74) is 1.79. The average molecular weight is 311 g/mol. The maximum atomic E-state index is 12.2. The number of sulfonamides is 1. The van der Waals surface area contributed by atoms with Crippen LogP contribution in [0.3, 0.4) is 0 Å². The summed E-state index contributed by atoms with van der Waals surface area (Å²) in [6, 6.07) is 8.13. The van der Waals surface area contributed by atoms with Crippen LogP contribution in [-0.2, 0) is 31.5 Å². The fourth-order valence-electron chi connectivity index (χ4n) is 2.91. The molecular weight excluding hydrogens is 290 g/mol. The first-order valence-corrected chi connectivity index (χ1v) is 8.90. The molecule has 0 spiro atoms. The molecule has 2 aliphatic heterocycles. The van der Waals surface area contributed by atoms with E-state index in [4.69, 9.17) is 9.47 Å². The van der Waals surface area contributed by atoms with Gasteiger partial charge in [0.05, 0.1) is 19.8 Å². The van der Waals surface area contributed by atoms with E-state index in [9.17, 15) is 8.42 Å². The van der Waals surface area contributed by atoms with Crippen molar-refractivity contribution < 1.29 is 17.9 Å². The summed E-state index contributed by atoms with van der Waals surface area (Å²) in [5, 5.41) is -0.426. The second-order valence-electron chi connectivity index (χ2n) is 5.63. The molecule has 1 aromatic rings. The maximum Gasteiger partial charge on any atom is 0.219 e. The molecule has 1 N–H and O–H groups in total. The van der Waals surface area contributed by atoms with E-state index in [2.05, 4.69) is 10.8 Å². The molecule has 1 fully saturated rings. The van der Waals surface area contributed by atoms with E-state index in [0.29, 0.717) is 6.61 Å². The van der Waals surface area contributed by atoms with Gasteiger partial charge in [0.1, 0.15) is 10.9 Å². The van der Waals surface area contributed by atoms with Crippen LogP contribution in [0.4, 0.5) is 0 Å². The second-order valence-corrected chi connectivity index (χ2v) is 7.67. The van der Waals surface area contributed by atoms with Crippen molar-refractivity contribution in [2.24, 2.45) is 0 Å². The quantitative estimate of drug-likeness (QED) is 0.887. The Hall–Kier alpha value is -0.950. The predicted molar refractivity (Wildman–Crippen MR) is 79.6 cm³/mol. The molecule has 0 amide bonds. The molecule has 0 aromatic heterocycles. The zero-order valence-electron chi connectivity index (χ0n) is 12.2. The van der Waals surface area contributed by atoms with Gasteiger partial charge in [-0.2, -0.15) is 0 Å². The summed E-state index contributed by atoms with van der Waals surface area (Å²) >= 11 is 0. The first-order valence-electron chi connectivity index (χ1n) is 7.36. The minimum absolute atomic E-state index is 0.277. The fourth-order valence-corrected chi connectivity index (χ4v) is 4.13. The molecule has 2 aliphatic rings. The normalized spacial score (nSPS) is 26.1. The van der Waals surface area contributed by atoms with Crippen molar-refractivity contribution in [2.45, 2.75) is 30.6 Å². The van der Waals surface area contributed by atoms with Gasteiger partial charge in [0.25, 0.3) is 0 Å². The van der Waals surface area contributed by atoms with Crippen LogP contribution in [-0.4, -0.2) is 40.0 Å². The molecule has 1 atom stereocenters. The van der Waals surface area contributed by atoms with Gasteiger partial charge in [0, 0.05) is 6.54 Å². The highest BCUT2D eigenvalue weighted by molar-refractivity contribution is 7.90. The van der Waals surface area contributed by atoms with Crippen molar-refractivity contribution >= 4 is 10.0 Å². The van der Waals surface area contributed by atoms with Crippen LogP contribution in [0.2, 0.25) is 0 Å². The van der Waals surface area contributed by atoms with Crippen molar-refractivity contribution in [2.75, 3.05) is 26.4 Å². The topological polar surface area (TPSA) is 64.6 Å². The lowest BCUT2D eigenvalue weighted by molar-refractivity contribution is -0.0589. The van der Waals surface area contributed by atoms with E-state index < -0.39 is 20.9 Å². The van der Waals surface area contributed by atoms with Gasteiger partial charge in [-0.25, -0.2) is 13.1 Å². The molecule has 1 saturated heterocycles. The highest BCUT2D eigenvalue weighted by Crippen LogP contribution is 2.35. The molecular formula is C15H21NO4S. The molecule has 1 unspecified atom stereocenters. The third kappa shape index (κ3) is 2.73. The first-order chi connectivity index (χ1) is 10.1. The van der Waals surface area contributed by atoms with Gasteiger partial charge in [0.15, 0.2) is 0 Å². The first kappa shape index (κ1) is 15.0. The van der Waals surface area contributed by atoms with E-state index in [1.54, 1.807) is 0 Å². The number of hydrogen-bond donors (Lipinski definition) is 1. The minimum Gasteiger partial charge on any atom is -0.378 e. The van der Waals surface area contributed by atoms with Crippen LogP contribution < -0.4 is 4.72 Å². The summed E-state index contributed by atoms with van der Waals surface area (Å²) < 4.78 is 38.1. The monoisotopic (exact) mass is 311 g/mol. The van der Waals surface area contributed by atoms with Crippen molar-refractivity contribution in [3.05, 3.63) is 35.4 Å². The summed E-state index contributed by atoms with van der Waals surface area (Å²) in [6.45, 7) is 3.50. The predicted octanol–water partition coefficient (Wildman–Crippen LogP) is 1.18. The third-order valence-corrected chi connectivity index (χ3v) is 6.13. The van der Waals surface area contributed by atoms with E-state index in [1.165, 1.54) is 5.56 Å². The maximum absolute atomic E-state index is 12.2. The van der Waals surface area contributed by atoms with Gasteiger partial charge in [-0.05, 0) is 24.0 Å². The Balaban J connectivity index is 1.82. The Labute approximate surface area is 125 Å². The fraction of sp³-hybridized carbons (Fsp3) is 0.600. The summed E-state index contributed by atoms with van der Waals surface area (Å²) in [5.74, 6) is 0. The summed E-state index contributed by atoms with van der Waals surface area (Å²) in [6.07, 6.45) is 1.61. The standard InChI is InChI=1S/C15H21NO4S/c1-2-15(11-16-21(17,18)13-9-19-10-13)14-6-4-3-5-12(14)7-8-20-15/h3-6,13,16H,2,7-11H2,1H3. The molecule has 21 heavy (non-hydrogen) atoms. The molecule has 0 radical (unpaired) electrons. The Kier molecular flexibility index (Phi) is 4.05. The Morgan fingerprint density at radius 3 is 2.76 bits per heavy atom. The lowest BCUT2D eigenvalue weighted by Gasteiger charge is -2.39. The second kappa shape index (κ2) is 5.68. The largest absolute Gasteiger partial charge is 0.378 e. The summed E-state index contributed by atoms with van der Waals surface area (Å²) in [7, 11) is -3.33. The number of rotatable bonds is 5. The van der Waals surface area contributed by atoms with E-state index in [1.807, 2.05) is 25.1 Å². The van der Waals surface area contributed by atoms with Gasteiger partial charge in [-0.1, -0.05) is 31.2 Å². The highest BCUT2D eigenvalue weighted by Gasteiger charge is 2.39. The number of benzene rings is 1. The molecule has 3 rings (SSSR count). The highest BCUT2D eigenvalue weighted by atomic mass is 32.2. The average Bonchev–Trinajstić information content (AvgIpc) is 2.43. The molecule has 116 valence electrons. The van der Waals surface area contributed by atoms with Gasteiger partial charge in [-0.3, -0.25) is 0 Å². The van der Waals surface area contributed by atoms with Crippen LogP contribution in [0.1, 0.15) is 24.5 Å². The van der Waals surface area contributed by atoms with Gasteiger partial charge < -0.3 is 9.47 Å². The van der Waals surface area contributed by atoms with Crippen LogP contribution in [0.5, 0.6) is 0 Å². The van der Waals surface area contributed by atoms with Gasteiger partial charge >= 0.3 is 0 Å². The molecule has 0 aliphatic carbocycles. The van der Waals surface area contributed by atoms with E-state index >= 15 is 0 Å². The molecule has 6 heteroatoms. The molecule has 5 nitrogen and oxygen atoms in total. The van der Waals surface area contributed by atoms with Gasteiger partial charge in [0.2, 0.25) is 10.0 Å². The van der Waals surface area contributed by atoms with Crippen LogP contribution >= 0.6 is 0 Å². The Bertz CT molecular complexity index is 612. The number of hydrogen-bond acceptors (Lipinski definition) is 4. The number of ether oxygens (including phenoxy) is 2. The Morgan fingerprint density at radius 2 is 2.10 bits per heavy atom. The lowest BCUT2D eigenvalue weighted by Crippen LogP contribution is -2.51. The summed E-state index contributed by atoms with van der Waals surface area (Å²) in [4.78, 5) is 0. The Morgan fingerprint density at radius 1 is 1.33 bits per heavy atom. The molecule has 1 aromatic carbocycles. The number of nitrogens with one attached hydrogen (secondary N) is 1. The smallest absolute Gasteiger partial charge is 0.219 e. The van der Waals surface area contributed by atoms with E-state index in [0.717, 1.165) is 18.4 Å².